The molecule has 31 heavy (non-hydrogen) atoms. The third-order valence-corrected chi connectivity index (χ3v) is 3.76. The summed E-state index contributed by atoms with van der Waals surface area (Å²) >= 11 is 0. The number of carboxylic acids is 1. The van der Waals surface area contributed by atoms with Crippen molar-refractivity contribution in [2.24, 2.45) is 0 Å². The highest BCUT2D eigenvalue weighted by Gasteiger charge is 2.20. The molecule has 0 radical (unpaired) electrons. The molecule has 8 heteroatoms. The molecule has 3 N–H and O–H groups in total. The van der Waals surface area contributed by atoms with Gasteiger partial charge < -0.3 is 24.8 Å². The van der Waals surface area contributed by atoms with Gasteiger partial charge in [-0.05, 0) is 47.2 Å². The van der Waals surface area contributed by atoms with Crippen molar-refractivity contribution >= 4 is 28.7 Å². The summed E-state index contributed by atoms with van der Waals surface area (Å²) in [6.07, 6.45) is 1.75. The average Bonchev–Trinajstić information content (AvgIpc) is 2.75. The fraction of sp³-hybridized carbons (Fsp3) is 0. The van der Waals surface area contributed by atoms with Crippen molar-refractivity contribution in [3.05, 3.63) is 85.5 Å². The number of carbonyl (C=O) groups excluding carboxylic acids is 2. The number of esters is 2. The molecular weight excluding hydrogens is 404 g/mol. The number of aromatic hydroxyl groups is 2. The molecule has 0 unspecified atom stereocenters. The van der Waals surface area contributed by atoms with Crippen molar-refractivity contribution in [2.75, 3.05) is 0 Å². The van der Waals surface area contributed by atoms with Gasteiger partial charge in [-0.25, -0.2) is 14.4 Å². The Balaban J connectivity index is 0.000000242. The summed E-state index contributed by atoms with van der Waals surface area (Å²) in [7, 11) is 0. The van der Waals surface area contributed by atoms with Crippen molar-refractivity contribution in [3.8, 4) is 23.0 Å². The zero-order chi connectivity index (χ0) is 23.0. The molecular formula is C23H18O8. The fourth-order valence-corrected chi connectivity index (χ4v) is 2.38. The quantitative estimate of drug-likeness (QED) is 0.321. The van der Waals surface area contributed by atoms with Crippen LogP contribution in [0.1, 0.15) is 10.4 Å². The molecule has 0 atom stereocenters. The second-order valence-electron chi connectivity index (χ2n) is 5.90. The minimum Gasteiger partial charge on any atom is -0.508 e. The van der Waals surface area contributed by atoms with Crippen LogP contribution in [0.2, 0.25) is 0 Å². The third-order valence-electron chi connectivity index (χ3n) is 3.76. The Morgan fingerprint density at radius 1 is 0.774 bits per heavy atom. The first-order chi connectivity index (χ1) is 14.7. The van der Waals surface area contributed by atoms with Crippen molar-refractivity contribution in [1.29, 1.82) is 0 Å². The lowest BCUT2D eigenvalue weighted by Crippen LogP contribution is -2.12. The molecule has 0 aliphatic heterocycles. The summed E-state index contributed by atoms with van der Waals surface area (Å²) in [5.41, 5.74) is -0.315. The number of para-hydroxylation sites is 1. The van der Waals surface area contributed by atoms with Gasteiger partial charge in [0.05, 0.1) is 0 Å². The standard InChI is InChI=1S/C13H10O6.C10H8O2/c1-3-10(14)18-9-7-5-6-8(13(16)17)12(9)19-11(15)4-2;11-9-3-1-7-5-10(12)4-2-8(7)6-9/h3-7H,1-2H2,(H,16,17);1-6,11-12H. The zero-order valence-corrected chi connectivity index (χ0v) is 16.1. The van der Waals surface area contributed by atoms with Crippen LogP contribution in [0, 0.1) is 0 Å². The smallest absolute Gasteiger partial charge is 0.339 e. The minimum absolute atomic E-state index is 0.194. The Morgan fingerprint density at radius 2 is 1.29 bits per heavy atom. The van der Waals surface area contributed by atoms with E-state index in [4.69, 9.17) is 24.8 Å². The first-order valence-electron chi connectivity index (χ1n) is 8.71. The van der Waals surface area contributed by atoms with Gasteiger partial charge >= 0.3 is 17.9 Å². The van der Waals surface area contributed by atoms with Gasteiger partial charge in [-0.3, -0.25) is 0 Å². The van der Waals surface area contributed by atoms with Gasteiger partial charge in [0.15, 0.2) is 11.5 Å². The van der Waals surface area contributed by atoms with Crippen molar-refractivity contribution in [1.82, 2.24) is 0 Å². The van der Waals surface area contributed by atoms with Gasteiger partial charge in [0.2, 0.25) is 0 Å². The Hall–Kier alpha value is -4.59. The molecule has 3 aromatic rings. The number of rotatable bonds is 5. The number of ether oxygens (including phenoxy) is 2. The number of hydrogen-bond acceptors (Lipinski definition) is 7. The predicted octanol–water partition coefficient (Wildman–Crippen LogP) is 3.82. The van der Waals surface area contributed by atoms with Crippen LogP contribution in [-0.2, 0) is 9.59 Å². The summed E-state index contributed by atoms with van der Waals surface area (Å²) in [5, 5.41) is 29.1. The molecule has 0 aliphatic carbocycles. The van der Waals surface area contributed by atoms with E-state index in [-0.39, 0.29) is 28.6 Å². The summed E-state index contributed by atoms with van der Waals surface area (Å²) in [5.74, 6) is -3.08. The van der Waals surface area contributed by atoms with E-state index in [1.807, 2.05) is 0 Å². The van der Waals surface area contributed by atoms with Gasteiger partial charge in [-0.2, -0.15) is 0 Å². The number of hydrogen-bond donors (Lipinski definition) is 3. The van der Waals surface area contributed by atoms with Crippen molar-refractivity contribution in [2.45, 2.75) is 0 Å². The van der Waals surface area contributed by atoms with E-state index in [9.17, 15) is 14.4 Å². The summed E-state index contributed by atoms with van der Waals surface area (Å²) in [4.78, 5) is 33.3. The molecule has 3 rings (SSSR count). The molecule has 8 nitrogen and oxygen atoms in total. The number of aromatic carboxylic acids is 1. The van der Waals surface area contributed by atoms with Gasteiger partial charge in [-0.15, -0.1) is 0 Å². The van der Waals surface area contributed by atoms with E-state index < -0.39 is 17.9 Å². The summed E-state index contributed by atoms with van der Waals surface area (Å²) < 4.78 is 9.58. The van der Waals surface area contributed by atoms with E-state index in [0.29, 0.717) is 0 Å². The maximum Gasteiger partial charge on any atom is 0.339 e. The predicted molar refractivity (Wildman–Crippen MR) is 112 cm³/mol. The monoisotopic (exact) mass is 422 g/mol. The Kier molecular flexibility index (Phi) is 7.51. The highest BCUT2D eigenvalue weighted by molar-refractivity contribution is 5.95. The molecule has 0 saturated heterocycles. The number of phenolic OH excluding ortho intramolecular Hbond substituents is 2. The third kappa shape index (κ3) is 6.20. The van der Waals surface area contributed by atoms with Gasteiger partial charge in [0.1, 0.15) is 17.1 Å². The number of carboxylic acid groups (broad SMARTS) is 1. The summed E-state index contributed by atoms with van der Waals surface area (Å²) in [6, 6.07) is 13.9. The van der Waals surface area contributed by atoms with Crippen LogP contribution in [0.4, 0.5) is 0 Å². The summed E-state index contributed by atoms with van der Waals surface area (Å²) in [6.45, 7) is 6.40. The van der Waals surface area contributed by atoms with Crippen LogP contribution in [0.5, 0.6) is 23.0 Å². The molecule has 0 amide bonds. The first-order valence-corrected chi connectivity index (χ1v) is 8.71. The topological polar surface area (TPSA) is 130 Å². The van der Waals surface area contributed by atoms with E-state index in [1.165, 1.54) is 18.2 Å². The molecule has 0 aliphatic rings. The normalized spacial score (nSPS) is 9.68. The van der Waals surface area contributed by atoms with Gasteiger partial charge in [0, 0.05) is 12.2 Å². The Bertz CT molecular complexity index is 1120. The second-order valence-corrected chi connectivity index (χ2v) is 5.90. The zero-order valence-electron chi connectivity index (χ0n) is 16.1. The van der Waals surface area contributed by atoms with Crippen LogP contribution in [0.3, 0.4) is 0 Å². The van der Waals surface area contributed by atoms with E-state index in [2.05, 4.69) is 13.2 Å². The van der Waals surface area contributed by atoms with E-state index in [1.54, 1.807) is 36.4 Å². The van der Waals surface area contributed by atoms with Crippen LogP contribution in [0.15, 0.2) is 79.9 Å². The molecule has 158 valence electrons. The molecule has 0 saturated carbocycles. The molecule has 0 bridgehead atoms. The maximum absolute atomic E-state index is 11.2. The fourth-order valence-electron chi connectivity index (χ4n) is 2.38. The first kappa shape index (κ1) is 22.7. The molecule has 0 spiro atoms. The van der Waals surface area contributed by atoms with Crippen molar-refractivity contribution in [3.63, 3.8) is 0 Å². The number of fused-ring (bicyclic) bond motifs is 1. The maximum atomic E-state index is 11.2. The van der Waals surface area contributed by atoms with Crippen LogP contribution < -0.4 is 9.47 Å². The molecule has 3 aromatic carbocycles. The van der Waals surface area contributed by atoms with E-state index >= 15 is 0 Å². The lowest BCUT2D eigenvalue weighted by atomic mass is 10.1. The van der Waals surface area contributed by atoms with Crippen LogP contribution in [0.25, 0.3) is 10.8 Å². The van der Waals surface area contributed by atoms with Gasteiger partial charge in [0.25, 0.3) is 0 Å². The number of phenols is 2. The molecule has 0 aromatic heterocycles. The number of carbonyl (C=O) groups is 3. The Morgan fingerprint density at radius 3 is 1.77 bits per heavy atom. The lowest BCUT2D eigenvalue weighted by Gasteiger charge is -2.10. The Labute approximate surface area is 176 Å². The largest absolute Gasteiger partial charge is 0.508 e. The average molecular weight is 422 g/mol. The second kappa shape index (κ2) is 10.3. The van der Waals surface area contributed by atoms with Gasteiger partial charge in [-0.1, -0.05) is 31.4 Å². The lowest BCUT2D eigenvalue weighted by molar-refractivity contribution is -0.131. The van der Waals surface area contributed by atoms with Crippen molar-refractivity contribution < 1.29 is 39.2 Å². The SMILES string of the molecule is C=CC(=O)Oc1cccc(C(=O)O)c1OC(=O)C=C.Oc1ccc2cc(O)ccc2c1. The van der Waals surface area contributed by atoms with E-state index in [0.717, 1.165) is 22.9 Å². The highest BCUT2D eigenvalue weighted by atomic mass is 16.6. The molecule has 0 heterocycles. The van der Waals surface area contributed by atoms with Crippen LogP contribution >= 0.6 is 0 Å². The highest BCUT2D eigenvalue weighted by Crippen LogP contribution is 2.32. The van der Waals surface area contributed by atoms with Crippen LogP contribution in [-0.4, -0.2) is 33.2 Å². The number of benzene rings is 3. The minimum atomic E-state index is -1.33. The molecule has 0 fully saturated rings.